The summed E-state index contributed by atoms with van der Waals surface area (Å²) in [5, 5.41) is 0. The van der Waals surface area contributed by atoms with Gasteiger partial charge in [-0.2, -0.15) is 13.2 Å². The Morgan fingerprint density at radius 3 is 2.59 bits per heavy atom. The molecule has 2 unspecified atom stereocenters. The Morgan fingerprint density at radius 2 is 1.85 bits per heavy atom. The van der Waals surface area contributed by atoms with E-state index in [2.05, 4.69) is 16.0 Å². The lowest BCUT2D eigenvalue weighted by atomic mass is 9.89. The third kappa shape index (κ3) is 5.88. The normalized spacial score (nSPS) is 20.8. The molecule has 3 atom stereocenters. The number of carbonyl (C=O) groups is 1. The van der Waals surface area contributed by atoms with Gasteiger partial charge < -0.3 is 20.3 Å². The largest absolute Gasteiger partial charge is 0.482 e. The average Bonchev–Trinajstić information content (AvgIpc) is 3.59. The number of benzene rings is 2. The van der Waals surface area contributed by atoms with E-state index in [-0.39, 0.29) is 29.1 Å². The summed E-state index contributed by atoms with van der Waals surface area (Å²) < 4.78 is 46.7. The van der Waals surface area contributed by atoms with Crippen molar-refractivity contribution >= 4 is 12.2 Å². The summed E-state index contributed by atoms with van der Waals surface area (Å²) in [6, 6.07) is 15.3. The van der Waals surface area contributed by atoms with Gasteiger partial charge in [0.2, 0.25) is 6.41 Å². The van der Waals surface area contributed by atoms with Crippen molar-refractivity contribution in [1.29, 1.82) is 0 Å². The second-order valence-electron chi connectivity index (χ2n) is 10.4. The zero-order valence-electron chi connectivity index (χ0n) is 21.9. The van der Waals surface area contributed by atoms with Crippen LogP contribution in [0.2, 0.25) is 0 Å². The number of rotatable bonds is 8. The van der Waals surface area contributed by atoms with Crippen LogP contribution in [0.3, 0.4) is 0 Å². The van der Waals surface area contributed by atoms with Crippen LogP contribution in [0.15, 0.2) is 60.8 Å². The van der Waals surface area contributed by atoms with Gasteiger partial charge >= 0.3 is 6.18 Å². The Labute approximate surface area is 226 Å². The number of hydrogen-bond donors (Lipinski definition) is 1. The highest BCUT2D eigenvalue weighted by atomic mass is 19.4. The highest BCUT2D eigenvalue weighted by Gasteiger charge is 2.36. The van der Waals surface area contributed by atoms with Gasteiger partial charge in [0.05, 0.1) is 5.56 Å². The molecular formula is C30H33F3N4O2. The van der Waals surface area contributed by atoms with Crippen molar-refractivity contribution in [3.8, 4) is 16.9 Å². The predicted octanol–water partition coefficient (Wildman–Crippen LogP) is 5.90. The molecule has 1 aromatic heterocycles. The first kappa shape index (κ1) is 27.0. The smallest absolute Gasteiger partial charge is 0.416 e. The maximum absolute atomic E-state index is 13.6. The number of ether oxygens (including phenoxy) is 1. The summed E-state index contributed by atoms with van der Waals surface area (Å²) in [6.45, 7) is 5.25. The minimum Gasteiger partial charge on any atom is -0.482 e. The lowest BCUT2D eigenvalue weighted by molar-refractivity contribution is -0.139. The van der Waals surface area contributed by atoms with Gasteiger partial charge in [0.25, 0.3) is 0 Å². The number of nitrogens with zero attached hydrogens (tertiary/aromatic N) is 3. The Hall–Kier alpha value is -3.59. The topological polar surface area (TPSA) is 71.7 Å². The molecule has 2 aromatic carbocycles. The molecule has 0 radical (unpaired) electrons. The number of nitrogen functional groups attached to an aromatic ring is 1. The predicted molar refractivity (Wildman–Crippen MR) is 144 cm³/mol. The molecule has 3 aromatic rings. The quantitative estimate of drug-likeness (QED) is 0.362. The molecule has 0 saturated carbocycles. The fourth-order valence-corrected chi connectivity index (χ4v) is 5.92. The molecule has 2 aliphatic rings. The van der Waals surface area contributed by atoms with Crippen LogP contribution >= 0.6 is 0 Å². The van der Waals surface area contributed by atoms with E-state index in [1.807, 2.05) is 23.1 Å². The summed E-state index contributed by atoms with van der Waals surface area (Å²) in [6.07, 6.45) is 0.485. The van der Waals surface area contributed by atoms with Crippen molar-refractivity contribution in [3.05, 3.63) is 77.5 Å². The molecule has 5 rings (SSSR count). The van der Waals surface area contributed by atoms with Crippen LogP contribution in [0.1, 0.15) is 54.9 Å². The zero-order valence-corrected chi connectivity index (χ0v) is 21.9. The first-order chi connectivity index (χ1) is 18.7. The van der Waals surface area contributed by atoms with Crippen LogP contribution in [0.5, 0.6) is 5.75 Å². The molecule has 1 amide bonds. The van der Waals surface area contributed by atoms with E-state index in [1.165, 1.54) is 25.0 Å². The van der Waals surface area contributed by atoms with Gasteiger partial charge in [-0.25, -0.2) is 4.98 Å². The molecule has 2 saturated heterocycles. The molecule has 39 heavy (non-hydrogen) atoms. The van der Waals surface area contributed by atoms with Gasteiger partial charge in [-0.05, 0) is 62.5 Å². The van der Waals surface area contributed by atoms with Crippen molar-refractivity contribution in [1.82, 2.24) is 14.8 Å². The van der Waals surface area contributed by atoms with E-state index >= 15 is 0 Å². The van der Waals surface area contributed by atoms with Crippen LogP contribution in [-0.4, -0.2) is 53.4 Å². The van der Waals surface area contributed by atoms with Crippen molar-refractivity contribution < 1.29 is 22.7 Å². The molecule has 0 bridgehead atoms. The number of aromatic nitrogens is 1. The van der Waals surface area contributed by atoms with Crippen LogP contribution in [0.4, 0.5) is 19.0 Å². The van der Waals surface area contributed by atoms with Gasteiger partial charge in [-0.1, -0.05) is 42.5 Å². The maximum Gasteiger partial charge on any atom is 0.416 e. The van der Waals surface area contributed by atoms with Crippen LogP contribution in [0.25, 0.3) is 11.1 Å². The first-order valence-corrected chi connectivity index (χ1v) is 13.4. The van der Waals surface area contributed by atoms with Gasteiger partial charge in [-0.15, -0.1) is 0 Å². The number of alkyl halides is 3. The number of likely N-dealkylation sites (tertiary alicyclic amines) is 2. The van der Waals surface area contributed by atoms with Gasteiger partial charge in [0.1, 0.15) is 6.10 Å². The number of hydrogen-bond acceptors (Lipinski definition) is 5. The van der Waals surface area contributed by atoms with E-state index in [0.717, 1.165) is 55.2 Å². The molecule has 3 heterocycles. The van der Waals surface area contributed by atoms with Crippen LogP contribution < -0.4 is 10.5 Å². The summed E-state index contributed by atoms with van der Waals surface area (Å²) in [7, 11) is 0. The van der Waals surface area contributed by atoms with Gasteiger partial charge in [0.15, 0.2) is 11.6 Å². The van der Waals surface area contributed by atoms with E-state index in [9.17, 15) is 18.0 Å². The number of pyridine rings is 1. The Kier molecular flexibility index (Phi) is 7.79. The van der Waals surface area contributed by atoms with Gasteiger partial charge in [0, 0.05) is 42.4 Å². The number of carbonyl (C=O) groups excluding carboxylic acids is 1. The lowest BCUT2D eigenvalue weighted by Crippen LogP contribution is -2.38. The minimum absolute atomic E-state index is 0.0270. The van der Waals surface area contributed by atoms with E-state index < -0.39 is 17.8 Å². The Balaban J connectivity index is 1.40. The number of amides is 1. The SMILES string of the molecule is CC(Oc1cc(-c2ccccc2C2C[C@H](CN3CCCC3)N(C=O)C2)cnc1N)c1ccccc1C(F)(F)F. The summed E-state index contributed by atoms with van der Waals surface area (Å²) in [5.74, 6) is 0.476. The minimum atomic E-state index is -4.50. The first-order valence-electron chi connectivity index (χ1n) is 13.4. The molecule has 2 aliphatic heterocycles. The van der Waals surface area contributed by atoms with E-state index in [4.69, 9.17) is 10.5 Å². The zero-order chi connectivity index (χ0) is 27.6. The summed E-state index contributed by atoms with van der Waals surface area (Å²) in [4.78, 5) is 20.6. The van der Waals surface area contributed by atoms with Crippen molar-refractivity contribution in [2.75, 3.05) is 31.9 Å². The second kappa shape index (κ2) is 11.3. The standard InChI is InChI=1S/C30H33F3N4O2/c1-20(24-8-4-5-11-27(24)30(31,32)33)39-28-15-21(16-35-29(28)34)25-9-2-3-10-26(25)22-14-23(37(17-22)19-38)18-36-12-6-7-13-36/h2-5,8-11,15-16,19-20,22-23H,6-7,12-14,17-18H2,1H3,(H2,34,35)/t20?,22?,23-/m1/s1. The van der Waals surface area contributed by atoms with Gasteiger partial charge in [-0.3, -0.25) is 4.79 Å². The molecule has 206 valence electrons. The van der Waals surface area contributed by atoms with Crippen molar-refractivity contribution in [3.63, 3.8) is 0 Å². The highest BCUT2D eigenvalue weighted by Crippen LogP contribution is 2.40. The Morgan fingerprint density at radius 1 is 1.13 bits per heavy atom. The second-order valence-corrected chi connectivity index (χ2v) is 10.4. The highest BCUT2D eigenvalue weighted by molar-refractivity contribution is 5.71. The van der Waals surface area contributed by atoms with E-state index in [0.29, 0.717) is 6.54 Å². The maximum atomic E-state index is 13.6. The molecule has 2 N–H and O–H groups in total. The van der Waals surface area contributed by atoms with E-state index in [1.54, 1.807) is 25.3 Å². The Bertz CT molecular complexity index is 1310. The molecule has 0 aliphatic carbocycles. The van der Waals surface area contributed by atoms with Crippen LogP contribution in [-0.2, 0) is 11.0 Å². The fourth-order valence-electron chi connectivity index (χ4n) is 5.92. The molecule has 0 spiro atoms. The molecule has 9 heteroatoms. The summed E-state index contributed by atoms with van der Waals surface area (Å²) >= 11 is 0. The van der Waals surface area contributed by atoms with Crippen molar-refractivity contribution in [2.45, 2.75) is 50.4 Å². The monoisotopic (exact) mass is 538 g/mol. The number of anilines is 1. The fraction of sp³-hybridized carbons (Fsp3) is 0.400. The number of nitrogens with two attached hydrogens (primary N) is 1. The molecule has 2 fully saturated rings. The molecular weight excluding hydrogens is 505 g/mol. The van der Waals surface area contributed by atoms with Crippen LogP contribution in [0, 0.1) is 0 Å². The molecule has 6 nitrogen and oxygen atoms in total. The third-order valence-corrected chi connectivity index (χ3v) is 7.86. The number of halogens is 3. The lowest BCUT2D eigenvalue weighted by Gasteiger charge is -2.25. The van der Waals surface area contributed by atoms with Crippen molar-refractivity contribution in [2.24, 2.45) is 0 Å². The third-order valence-electron chi connectivity index (χ3n) is 7.86. The summed E-state index contributed by atoms with van der Waals surface area (Å²) in [5.41, 5.74) is 8.18. The average molecular weight is 539 g/mol.